The highest BCUT2D eigenvalue weighted by Gasteiger charge is 2.41. The zero-order valence-electron chi connectivity index (χ0n) is 8.29. The molecule has 0 spiro atoms. The average Bonchev–Trinajstić information content (AvgIpc) is 2.91. The van der Waals surface area contributed by atoms with Gasteiger partial charge < -0.3 is 9.47 Å². The second-order valence-electron chi connectivity index (χ2n) is 3.98. The van der Waals surface area contributed by atoms with Crippen molar-refractivity contribution in [1.29, 1.82) is 0 Å². The van der Waals surface area contributed by atoms with E-state index in [4.69, 9.17) is 21.1 Å². The van der Waals surface area contributed by atoms with E-state index in [2.05, 4.69) is 0 Å². The van der Waals surface area contributed by atoms with Gasteiger partial charge in [0.15, 0.2) is 0 Å². The molecule has 1 aromatic rings. The number of hydrogen-bond acceptors (Lipinski definition) is 2. The summed E-state index contributed by atoms with van der Waals surface area (Å²) in [7, 11) is 0. The zero-order chi connectivity index (χ0) is 10.2. The minimum Gasteiger partial charge on any atom is -0.485 e. The predicted octanol–water partition coefficient (Wildman–Crippen LogP) is 2.90. The first kappa shape index (κ1) is 9.81. The second-order valence-corrected chi connectivity index (χ2v) is 4.42. The van der Waals surface area contributed by atoms with Gasteiger partial charge in [0, 0.05) is 5.02 Å². The molecule has 0 aliphatic carbocycles. The van der Waals surface area contributed by atoms with Crippen LogP contribution in [0.3, 0.4) is 0 Å². The maximum absolute atomic E-state index is 5.80. The Morgan fingerprint density at radius 3 is 2.43 bits per heavy atom. The highest BCUT2D eigenvalue weighted by molar-refractivity contribution is 6.30. The van der Waals surface area contributed by atoms with Crippen molar-refractivity contribution in [2.45, 2.75) is 25.6 Å². The standard InChI is InChI=1S/C11H13ClO2/c1-11(2,10-7-13-10)14-9-5-3-8(12)4-6-9/h3-6,10H,7H2,1-2H3. The lowest BCUT2D eigenvalue weighted by atomic mass is 10.1. The molecule has 1 atom stereocenters. The predicted molar refractivity (Wildman–Crippen MR) is 55.9 cm³/mol. The first-order valence-corrected chi connectivity index (χ1v) is 5.02. The lowest BCUT2D eigenvalue weighted by Gasteiger charge is -2.24. The van der Waals surface area contributed by atoms with E-state index >= 15 is 0 Å². The summed E-state index contributed by atoms with van der Waals surface area (Å²) >= 11 is 5.78. The van der Waals surface area contributed by atoms with Crippen LogP contribution in [0.15, 0.2) is 24.3 Å². The van der Waals surface area contributed by atoms with E-state index in [1.807, 2.05) is 38.1 Å². The molecule has 1 unspecified atom stereocenters. The number of epoxide rings is 1. The maximum atomic E-state index is 5.80. The van der Waals surface area contributed by atoms with Gasteiger partial charge in [-0.25, -0.2) is 0 Å². The maximum Gasteiger partial charge on any atom is 0.132 e. The van der Waals surface area contributed by atoms with Crippen LogP contribution in [0.1, 0.15) is 13.8 Å². The fourth-order valence-corrected chi connectivity index (χ4v) is 1.45. The van der Waals surface area contributed by atoms with E-state index < -0.39 is 0 Å². The summed E-state index contributed by atoms with van der Waals surface area (Å²) in [6, 6.07) is 7.38. The van der Waals surface area contributed by atoms with Crippen LogP contribution >= 0.6 is 11.6 Å². The molecule has 2 rings (SSSR count). The van der Waals surface area contributed by atoms with E-state index in [0.29, 0.717) is 0 Å². The first-order valence-electron chi connectivity index (χ1n) is 4.64. The summed E-state index contributed by atoms with van der Waals surface area (Å²) < 4.78 is 11.0. The fourth-order valence-electron chi connectivity index (χ4n) is 1.32. The molecule has 14 heavy (non-hydrogen) atoms. The molecular formula is C11H13ClO2. The molecule has 0 N–H and O–H groups in total. The molecule has 0 saturated carbocycles. The Kier molecular flexibility index (Phi) is 2.41. The van der Waals surface area contributed by atoms with Crippen LogP contribution in [0.2, 0.25) is 5.02 Å². The summed E-state index contributed by atoms with van der Waals surface area (Å²) in [4.78, 5) is 0. The van der Waals surface area contributed by atoms with Gasteiger partial charge in [-0.15, -0.1) is 0 Å². The van der Waals surface area contributed by atoms with Crippen molar-refractivity contribution in [1.82, 2.24) is 0 Å². The quantitative estimate of drug-likeness (QED) is 0.719. The summed E-state index contributed by atoms with van der Waals surface area (Å²) in [5.41, 5.74) is -0.256. The van der Waals surface area contributed by atoms with E-state index in [1.54, 1.807) is 0 Å². The summed E-state index contributed by atoms with van der Waals surface area (Å²) in [6.45, 7) is 4.85. The summed E-state index contributed by atoms with van der Waals surface area (Å²) in [5.74, 6) is 0.829. The van der Waals surface area contributed by atoms with E-state index in [1.165, 1.54) is 0 Å². The first-order chi connectivity index (χ1) is 6.58. The molecule has 1 aliphatic heterocycles. The van der Waals surface area contributed by atoms with Gasteiger partial charge >= 0.3 is 0 Å². The third-order valence-electron chi connectivity index (χ3n) is 2.30. The molecule has 3 heteroatoms. The third-order valence-corrected chi connectivity index (χ3v) is 2.56. The molecule has 76 valence electrons. The Bertz CT molecular complexity index is 315. The van der Waals surface area contributed by atoms with Gasteiger partial charge in [-0.1, -0.05) is 11.6 Å². The Morgan fingerprint density at radius 2 is 1.93 bits per heavy atom. The van der Waals surface area contributed by atoms with Crippen LogP contribution in [-0.2, 0) is 4.74 Å². The lowest BCUT2D eigenvalue weighted by molar-refractivity contribution is 0.0744. The van der Waals surface area contributed by atoms with Gasteiger partial charge in [-0.2, -0.15) is 0 Å². The molecule has 1 heterocycles. The summed E-state index contributed by atoms with van der Waals surface area (Å²) in [5, 5.41) is 0.720. The third kappa shape index (κ3) is 2.20. The van der Waals surface area contributed by atoms with Crippen molar-refractivity contribution in [3.63, 3.8) is 0 Å². The average molecular weight is 213 g/mol. The van der Waals surface area contributed by atoms with Crippen molar-refractivity contribution in [2.75, 3.05) is 6.61 Å². The SMILES string of the molecule is CC(C)(Oc1ccc(Cl)cc1)C1CO1. The van der Waals surface area contributed by atoms with Gasteiger partial charge in [0.2, 0.25) is 0 Å². The molecule has 0 aromatic heterocycles. The largest absolute Gasteiger partial charge is 0.485 e. The number of hydrogen-bond donors (Lipinski definition) is 0. The molecular weight excluding hydrogens is 200 g/mol. The molecule has 0 amide bonds. The van der Waals surface area contributed by atoms with Gasteiger partial charge in [0.1, 0.15) is 17.5 Å². The molecule has 2 nitrogen and oxygen atoms in total. The van der Waals surface area contributed by atoms with Crippen molar-refractivity contribution < 1.29 is 9.47 Å². The Morgan fingerprint density at radius 1 is 1.36 bits per heavy atom. The number of ether oxygens (including phenoxy) is 2. The summed E-state index contributed by atoms with van der Waals surface area (Å²) in [6.07, 6.45) is 0.221. The van der Waals surface area contributed by atoms with Crippen LogP contribution in [0.4, 0.5) is 0 Å². The fraction of sp³-hybridized carbons (Fsp3) is 0.455. The van der Waals surface area contributed by atoms with Crippen molar-refractivity contribution in [3.8, 4) is 5.75 Å². The van der Waals surface area contributed by atoms with Gasteiger partial charge in [0.05, 0.1) is 6.61 Å². The van der Waals surface area contributed by atoms with Crippen LogP contribution in [0, 0.1) is 0 Å². The van der Waals surface area contributed by atoms with Crippen LogP contribution in [0.25, 0.3) is 0 Å². The molecule has 1 saturated heterocycles. The monoisotopic (exact) mass is 212 g/mol. The topological polar surface area (TPSA) is 21.8 Å². The normalized spacial score (nSPS) is 20.6. The number of benzene rings is 1. The second kappa shape index (κ2) is 3.44. The molecule has 1 fully saturated rings. The van der Waals surface area contributed by atoms with Crippen LogP contribution < -0.4 is 4.74 Å². The molecule has 1 aliphatic rings. The van der Waals surface area contributed by atoms with Crippen LogP contribution in [0.5, 0.6) is 5.75 Å². The lowest BCUT2D eigenvalue weighted by Crippen LogP contribution is -2.34. The highest BCUT2D eigenvalue weighted by Crippen LogP contribution is 2.29. The van der Waals surface area contributed by atoms with Crippen LogP contribution in [-0.4, -0.2) is 18.3 Å². The molecule has 0 bridgehead atoms. The smallest absolute Gasteiger partial charge is 0.132 e. The van der Waals surface area contributed by atoms with Crippen molar-refractivity contribution in [3.05, 3.63) is 29.3 Å². The van der Waals surface area contributed by atoms with E-state index in [9.17, 15) is 0 Å². The van der Waals surface area contributed by atoms with Crippen molar-refractivity contribution in [2.24, 2.45) is 0 Å². The van der Waals surface area contributed by atoms with Crippen molar-refractivity contribution >= 4 is 11.6 Å². The van der Waals surface area contributed by atoms with E-state index in [0.717, 1.165) is 17.4 Å². The zero-order valence-corrected chi connectivity index (χ0v) is 9.04. The Balaban J connectivity index is 2.06. The Labute approximate surface area is 88.8 Å². The minimum atomic E-state index is -0.256. The van der Waals surface area contributed by atoms with Gasteiger partial charge in [-0.05, 0) is 38.1 Å². The number of rotatable bonds is 3. The van der Waals surface area contributed by atoms with Gasteiger partial charge in [-0.3, -0.25) is 0 Å². The number of halogens is 1. The van der Waals surface area contributed by atoms with Gasteiger partial charge in [0.25, 0.3) is 0 Å². The molecule has 1 aromatic carbocycles. The highest BCUT2D eigenvalue weighted by atomic mass is 35.5. The van der Waals surface area contributed by atoms with E-state index in [-0.39, 0.29) is 11.7 Å². The Hall–Kier alpha value is -0.730. The molecule has 0 radical (unpaired) electrons. The minimum absolute atomic E-state index is 0.221.